The fourth-order valence-corrected chi connectivity index (χ4v) is 3.11. The van der Waals surface area contributed by atoms with Crippen LogP contribution in [0.4, 0.5) is 5.69 Å². The fourth-order valence-electron chi connectivity index (χ4n) is 2.15. The Morgan fingerprint density at radius 3 is 2.65 bits per heavy atom. The van der Waals surface area contributed by atoms with Crippen molar-refractivity contribution in [1.82, 2.24) is 14.8 Å². The van der Waals surface area contributed by atoms with Gasteiger partial charge in [0.1, 0.15) is 10.0 Å². The van der Waals surface area contributed by atoms with E-state index in [2.05, 4.69) is 15.4 Å². The molecule has 0 aliphatic carbocycles. The van der Waals surface area contributed by atoms with Crippen LogP contribution in [-0.2, 0) is 0 Å². The number of anilines is 1. The molecular weight excluding hydrogens is 332 g/mol. The standard InChI is InChI=1S/C16H15ClN4OS/c1-10-8-18-15(23-10)11(2)20-13-9-19-21(16(22)14(13)17)12-6-4-3-5-7-12/h3-9,11,20H,1-2H3. The van der Waals surface area contributed by atoms with Crippen LogP contribution in [0.2, 0.25) is 5.02 Å². The van der Waals surface area contributed by atoms with E-state index in [1.165, 1.54) is 4.68 Å². The van der Waals surface area contributed by atoms with Crippen LogP contribution in [0.3, 0.4) is 0 Å². The second-order valence-corrected chi connectivity index (χ2v) is 6.74. The summed E-state index contributed by atoms with van der Waals surface area (Å²) >= 11 is 7.84. The molecule has 2 heterocycles. The summed E-state index contributed by atoms with van der Waals surface area (Å²) in [6.07, 6.45) is 3.39. The predicted octanol–water partition coefficient (Wildman–Crippen LogP) is 3.82. The van der Waals surface area contributed by atoms with E-state index in [1.54, 1.807) is 29.7 Å². The minimum atomic E-state index is -0.356. The molecule has 0 bridgehead atoms. The van der Waals surface area contributed by atoms with Crippen molar-refractivity contribution in [3.8, 4) is 5.69 Å². The zero-order valence-electron chi connectivity index (χ0n) is 12.7. The maximum atomic E-state index is 12.4. The molecule has 1 aromatic carbocycles. The van der Waals surface area contributed by atoms with E-state index < -0.39 is 0 Å². The summed E-state index contributed by atoms with van der Waals surface area (Å²) in [5.41, 5.74) is 0.823. The lowest BCUT2D eigenvalue weighted by molar-refractivity contribution is 0.798. The van der Waals surface area contributed by atoms with E-state index in [-0.39, 0.29) is 16.6 Å². The minimum Gasteiger partial charge on any atom is -0.373 e. The Bertz CT molecular complexity index is 875. The number of hydrogen-bond acceptors (Lipinski definition) is 5. The van der Waals surface area contributed by atoms with Crippen LogP contribution in [-0.4, -0.2) is 14.8 Å². The van der Waals surface area contributed by atoms with E-state index >= 15 is 0 Å². The van der Waals surface area contributed by atoms with Gasteiger partial charge < -0.3 is 5.32 Å². The smallest absolute Gasteiger partial charge is 0.292 e. The van der Waals surface area contributed by atoms with E-state index in [4.69, 9.17) is 11.6 Å². The Morgan fingerprint density at radius 2 is 2.00 bits per heavy atom. The van der Waals surface area contributed by atoms with Gasteiger partial charge in [0.2, 0.25) is 0 Å². The first kappa shape index (κ1) is 15.7. The molecule has 0 fully saturated rings. The van der Waals surface area contributed by atoms with Crippen molar-refractivity contribution in [2.75, 3.05) is 5.32 Å². The Kier molecular flexibility index (Phi) is 4.45. The average Bonchev–Trinajstić information content (AvgIpc) is 2.99. The van der Waals surface area contributed by atoms with Crippen molar-refractivity contribution >= 4 is 28.6 Å². The van der Waals surface area contributed by atoms with Crippen molar-refractivity contribution < 1.29 is 0 Å². The summed E-state index contributed by atoms with van der Waals surface area (Å²) in [6, 6.07) is 9.12. The molecule has 23 heavy (non-hydrogen) atoms. The number of para-hydroxylation sites is 1. The Labute approximate surface area is 142 Å². The van der Waals surface area contributed by atoms with Crippen molar-refractivity contribution in [2.45, 2.75) is 19.9 Å². The van der Waals surface area contributed by atoms with E-state index in [1.807, 2.05) is 38.2 Å². The van der Waals surface area contributed by atoms with Crippen molar-refractivity contribution in [3.63, 3.8) is 0 Å². The lowest BCUT2D eigenvalue weighted by atomic mass is 10.3. The first-order chi connectivity index (χ1) is 11.1. The van der Waals surface area contributed by atoms with Gasteiger partial charge in [-0.05, 0) is 26.0 Å². The van der Waals surface area contributed by atoms with Gasteiger partial charge in [0.25, 0.3) is 5.56 Å². The van der Waals surface area contributed by atoms with Crippen molar-refractivity contribution in [2.24, 2.45) is 0 Å². The van der Waals surface area contributed by atoms with Crippen LogP contribution >= 0.6 is 22.9 Å². The van der Waals surface area contributed by atoms with Crippen molar-refractivity contribution in [1.29, 1.82) is 0 Å². The van der Waals surface area contributed by atoms with Crippen LogP contribution < -0.4 is 10.9 Å². The van der Waals surface area contributed by atoms with Crippen LogP contribution in [0.1, 0.15) is 22.9 Å². The van der Waals surface area contributed by atoms with Gasteiger partial charge in [-0.2, -0.15) is 9.78 Å². The molecule has 3 rings (SSSR count). The third kappa shape index (κ3) is 3.28. The molecule has 3 aromatic rings. The summed E-state index contributed by atoms with van der Waals surface area (Å²) in [7, 11) is 0. The van der Waals surface area contributed by atoms with Crippen molar-refractivity contribution in [3.05, 3.63) is 68.0 Å². The highest BCUT2D eigenvalue weighted by Gasteiger charge is 2.15. The second-order valence-electron chi connectivity index (χ2n) is 5.10. The number of thiazole rings is 1. The van der Waals surface area contributed by atoms with Gasteiger partial charge in [-0.3, -0.25) is 4.79 Å². The number of aromatic nitrogens is 3. The predicted molar refractivity (Wildman–Crippen MR) is 93.7 cm³/mol. The highest BCUT2D eigenvalue weighted by atomic mass is 35.5. The van der Waals surface area contributed by atoms with Gasteiger partial charge in [-0.1, -0.05) is 29.8 Å². The molecule has 118 valence electrons. The first-order valence-corrected chi connectivity index (χ1v) is 8.28. The second kappa shape index (κ2) is 6.52. The zero-order valence-corrected chi connectivity index (χ0v) is 14.2. The fraction of sp³-hybridized carbons (Fsp3) is 0.188. The average molecular weight is 347 g/mol. The van der Waals surface area contributed by atoms with Gasteiger partial charge in [0.05, 0.1) is 23.6 Å². The van der Waals surface area contributed by atoms with Crippen LogP contribution in [0.25, 0.3) is 5.69 Å². The number of hydrogen-bond donors (Lipinski definition) is 1. The number of benzene rings is 1. The molecule has 0 aliphatic heterocycles. The highest BCUT2D eigenvalue weighted by molar-refractivity contribution is 7.11. The SMILES string of the molecule is Cc1cnc(C(C)Nc2cnn(-c3ccccc3)c(=O)c2Cl)s1. The zero-order chi connectivity index (χ0) is 16.4. The molecule has 0 amide bonds. The van der Waals surface area contributed by atoms with E-state index in [0.29, 0.717) is 11.4 Å². The quantitative estimate of drug-likeness (QED) is 0.780. The van der Waals surface area contributed by atoms with E-state index in [0.717, 1.165) is 9.88 Å². The summed E-state index contributed by atoms with van der Waals surface area (Å²) in [5.74, 6) is 0. The molecule has 1 N–H and O–H groups in total. The van der Waals surface area contributed by atoms with E-state index in [9.17, 15) is 4.79 Å². The molecule has 2 aromatic heterocycles. The normalized spacial score (nSPS) is 12.1. The third-order valence-corrected chi connectivity index (χ3v) is 4.76. The Balaban J connectivity index is 1.90. The summed E-state index contributed by atoms with van der Waals surface area (Å²) in [5, 5.41) is 8.45. The lowest BCUT2D eigenvalue weighted by Gasteiger charge is -2.14. The molecule has 5 nitrogen and oxygen atoms in total. The number of nitrogens with zero attached hydrogens (tertiary/aromatic N) is 3. The monoisotopic (exact) mass is 346 g/mol. The van der Waals surface area contributed by atoms with Gasteiger partial charge in [-0.15, -0.1) is 11.3 Å². The van der Waals surface area contributed by atoms with Crippen LogP contribution in [0.15, 0.2) is 47.5 Å². The Hall–Kier alpha value is -2.18. The molecule has 0 saturated heterocycles. The minimum absolute atomic E-state index is 0.0556. The van der Waals surface area contributed by atoms with Crippen LogP contribution in [0.5, 0.6) is 0 Å². The maximum absolute atomic E-state index is 12.4. The molecule has 1 unspecified atom stereocenters. The Morgan fingerprint density at radius 1 is 1.26 bits per heavy atom. The molecule has 0 saturated carbocycles. The third-order valence-electron chi connectivity index (χ3n) is 3.30. The molecule has 0 radical (unpaired) electrons. The highest BCUT2D eigenvalue weighted by Crippen LogP contribution is 2.25. The van der Waals surface area contributed by atoms with Crippen LogP contribution in [0, 0.1) is 6.92 Å². The number of halogens is 1. The molecule has 0 spiro atoms. The van der Waals surface area contributed by atoms with Gasteiger partial charge >= 0.3 is 0 Å². The molecular formula is C16H15ClN4OS. The van der Waals surface area contributed by atoms with Gasteiger partial charge in [0, 0.05) is 11.1 Å². The number of rotatable bonds is 4. The summed E-state index contributed by atoms with van der Waals surface area (Å²) < 4.78 is 1.28. The number of aryl methyl sites for hydroxylation is 1. The van der Waals surface area contributed by atoms with Gasteiger partial charge in [0.15, 0.2) is 0 Å². The molecule has 7 heteroatoms. The molecule has 0 aliphatic rings. The number of nitrogens with one attached hydrogen (secondary N) is 1. The molecule has 1 atom stereocenters. The first-order valence-electron chi connectivity index (χ1n) is 7.08. The lowest BCUT2D eigenvalue weighted by Crippen LogP contribution is -2.23. The largest absolute Gasteiger partial charge is 0.373 e. The van der Waals surface area contributed by atoms with Gasteiger partial charge in [-0.25, -0.2) is 4.98 Å². The maximum Gasteiger partial charge on any atom is 0.292 e. The topological polar surface area (TPSA) is 59.8 Å². The summed E-state index contributed by atoms with van der Waals surface area (Å²) in [4.78, 5) is 17.9. The summed E-state index contributed by atoms with van der Waals surface area (Å²) in [6.45, 7) is 3.97.